The van der Waals surface area contributed by atoms with Crippen molar-refractivity contribution in [3.05, 3.63) is 187 Å². The molecule has 0 spiro atoms. The Hall–Kier alpha value is -6.42. The number of fused-ring (bicyclic) bond motifs is 9. The lowest BCUT2D eigenvalue weighted by Crippen LogP contribution is -2.16. The zero-order valence-corrected chi connectivity index (χ0v) is 30.8. The van der Waals surface area contributed by atoms with Crippen molar-refractivity contribution in [1.82, 2.24) is 0 Å². The lowest BCUT2D eigenvalue weighted by atomic mass is 9.82. The fourth-order valence-corrected chi connectivity index (χ4v) is 9.88. The van der Waals surface area contributed by atoms with Gasteiger partial charge in [0.25, 0.3) is 0 Å². The van der Waals surface area contributed by atoms with Gasteiger partial charge in [0, 0.05) is 53.3 Å². The first kappa shape index (κ1) is 31.1. The number of nitrogens with zero attached hydrogens (tertiary/aromatic N) is 1. The summed E-state index contributed by atoms with van der Waals surface area (Å²) in [5, 5.41) is 4.82. The van der Waals surface area contributed by atoms with Crippen LogP contribution in [0.2, 0.25) is 0 Å². The molecule has 0 radical (unpaired) electrons. The SMILES string of the molecule is CC1(C)c2ccccc2-c2ccc(N(c3ccc(-c4ccccc4)cc3)c3cc4sc5ccccc5c4cc3-c3ccc4c(c3)oc3ccccc34)cc21. The monoisotopic (exact) mass is 709 g/mol. The second kappa shape index (κ2) is 11.8. The highest BCUT2D eigenvalue weighted by Gasteiger charge is 2.36. The summed E-state index contributed by atoms with van der Waals surface area (Å²) < 4.78 is 9.03. The lowest BCUT2D eigenvalue weighted by Gasteiger charge is -2.30. The van der Waals surface area contributed by atoms with E-state index < -0.39 is 0 Å². The van der Waals surface area contributed by atoms with Crippen LogP contribution in [0.5, 0.6) is 0 Å². The van der Waals surface area contributed by atoms with Gasteiger partial charge in [0.15, 0.2) is 0 Å². The quantitative estimate of drug-likeness (QED) is 0.177. The molecule has 0 saturated carbocycles. The third-order valence-electron chi connectivity index (χ3n) is 11.5. The maximum absolute atomic E-state index is 6.47. The molecule has 0 fully saturated rings. The van der Waals surface area contributed by atoms with Gasteiger partial charge in [0.05, 0.1) is 5.69 Å². The average Bonchev–Trinajstić information content (AvgIpc) is 3.85. The molecule has 0 atom stereocenters. The van der Waals surface area contributed by atoms with E-state index >= 15 is 0 Å². The fourth-order valence-electron chi connectivity index (χ4n) is 8.76. The molecular weight excluding hydrogens is 675 g/mol. The van der Waals surface area contributed by atoms with Crippen molar-refractivity contribution in [2.75, 3.05) is 4.90 Å². The average molecular weight is 710 g/mol. The molecule has 0 unspecified atom stereocenters. The van der Waals surface area contributed by atoms with E-state index in [2.05, 4.69) is 189 Å². The minimum atomic E-state index is -0.130. The summed E-state index contributed by atoms with van der Waals surface area (Å²) in [6, 6.07) is 64.3. The van der Waals surface area contributed by atoms with Crippen molar-refractivity contribution in [3.8, 4) is 33.4 Å². The largest absolute Gasteiger partial charge is 0.456 e. The predicted octanol–water partition coefficient (Wildman–Crippen LogP) is 15.1. The molecule has 0 N–H and O–H groups in total. The van der Waals surface area contributed by atoms with Gasteiger partial charge >= 0.3 is 0 Å². The Balaban J connectivity index is 1.18. The summed E-state index contributed by atoms with van der Waals surface area (Å²) in [5.41, 5.74) is 15.1. The number of para-hydroxylation sites is 1. The standard InChI is InChI=1S/C51H35NOS/c1-51(2)44-17-9-6-14-37(44)38-27-25-36(29-45(38)51)52(35-23-20-33(21-24-35)32-12-4-3-5-13-32)46-31-50-43(41-16-8-11-19-49(41)54-50)30-42(46)34-22-26-40-39-15-7-10-18-47(39)53-48(40)28-34/h3-31H,1-2H3. The van der Waals surface area contributed by atoms with E-state index in [0.29, 0.717) is 0 Å². The molecular formula is C51H35NOS. The Morgan fingerprint density at radius 2 is 1.09 bits per heavy atom. The highest BCUT2D eigenvalue weighted by molar-refractivity contribution is 7.25. The lowest BCUT2D eigenvalue weighted by molar-refractivity contribution is 0.660. The number of anilines is 3. The molecule has 1 aliphatic rings. The number of thiophene rings is 1. The Labute approximate surface area is 318 Å². The predicted molar refractivity (Wildman–Crippen MR) is 230 cm³/mol. The molecule has 256 valence electrons. The van der Waals surface area contributed by atoms with Crippen LogP contribution in [-0.2, 0) is 5.41 Å². The molecule has 2 heterocycles. The van der Waals surface area contributed by atoms with Crippen LogP contribution in [0.15, 0.2) is 180 Å². The normalized spacial score (nSPS) is 13.1. The van der Waals surface area contributed by atoms with E-state index in [9.17, 15) is 0 Å². The summed E-state index contributed by atoms with van der Waals surface area (Å²) in [7, 11) is 0. The molecule has 11 rings (SSSR count). The fraction of sp³-hybridized carbons (Fsp3) is 0.0588. The zero-order valence-electron chi connectivity index (χ0n) is 30.0. The van der Waals surface area contributed by atoms with E-state index in [1.165, 1.54) is 53.6 Å². The molecule has 3 heteroatoms. The Bertz CT molecular complexity index is 3080. The smallest absolute Gasteiger partial charge is 0.136 e. The van der Waals surface area contributed by atoms with E-state index in [1.54, 1.807) is 0 Å². The van der Waals surface area contributed by atoms with E-state index in [4.69, 9.17) is 4.42 Å². The Kier molecular flexibility index (Phi) is 6.80. The highest BCUT2D eigenvalue weighted by atomic mass is 32.1. The number of hydrogen-bond donors (Lipinski definition) is 0. The van der Waals surface area contributed by atoms with Crippen LogP contribution >= 0.6 is 11.3 Å². The summed E-state index contributed by atoms with van der Waals surface area (Å²) in [6.45, 7) is 4.72. The molecule has 0 saturated heterocycles. The Morgan fingerprint density at radius 1 is 0.426 bits per heavy atom. The van der Waals surface area contributed by atoms with Crippen molar-refractivity contribution in [3.63, 3.8) is 0 Å². The summed E-state index contributed by atoms with van der Waals surface area (Å²) in [5.74, 6) is 0. The summed E-state index contributed by atoms with van der Waals surface area (Å²) in [4.78, 5) is 2.47. The summed E-state index contributed by atoms with van der Waals surface area (Å²) in [6.07, 6.45) is 0. The van der Waals surface area contributed by atoms with Crippen LogP contribution < -0.4 is 4.90 Å². The van der Waals surface area contributed by atoms with Gasteiger partial charge in [-0.05, 0) is 99.6 Å². The molecule has 54 heavy (non-hydrogen) atoms. The van der Waals surface area contributed by atoms with Crippen molar-refractivity contribution in [1.29, 1.82) is 0 Å². The first-order valence-corrected chi connectivity index (χ1v) is 19.4. The first-order chi connectivity index (χ1) is 26.5. The van der Waals surface area contributed by atoms with Crippen molar-refractivity contribution >= 4 is 70.5 Å². The topological polar surface area (TPSA) is 16.4 Å². The number of benzene rings is 8. The highest BCUT2D eigenvalue weighted by Crippen LogP contribution is 2.52. The van der Waals surface area contributed by atoms with Crippen LogP contribution in [0.25, 0.3) is 75.5 Å². The second-order valence-electron chi connectivity index (χ2n) is 14.9. The number of furan rings is 1. The van der Waals surface area contributed by atoms with Crippen molar-refractivity contribution in [2.24, 2.45) is 0 Å². The van der Waals surface area contributed by atoms with Gasteiger partial charge in [-0.3, -0.25) is 0 Å². The molecule has 2 aromatic heterocycles. The molecule has 0 aliphatic heterocycles. The van der Waals surface area contributed by atoms with Gasteiger partial charge in [-0.15, -0.1) is 11.3 Å². The van der Waals surface area contributed by atoms with E-state index in [1.807, 2.05) is 17.4 Å². The van der Waals surface area contributed by atoms with Gasteiger partial charge in [-0.25, -0.2) is 0 Å². The molecule has 8 aromatic carbocycles. The van der Waals surface area contributed by atoms with E-state index in [-0.39, 0.29) is 5.41 Å². The van der Waals surface area contributed by atoms with Crippen LogP contribution in [0.4, 0.5) is 17.1 Å². The van der Waals surface area contributed by atoms with Crippen LogP contribution in [-0.4, -0.2) is 0 Å². The maximum Gasteiger partial charge on any atom is 0.136 e. The van der Waals surface area contributed by atoms with Gasteiger partial charge in [0.2, 0.25) is 0 Å². The first-order valence-electron chi connectivity index (χ1n) is 18.6. The second-order valence-corrected chi connectivity index (χ2v) is 16.0. The minimum Gasteiger partial charge on any atom is -0.456 e. The molecule has 10 aromatic rings. The number of hydrogen-bond acceptors (Lipinski definition) is 3. The van der Waals surface area contributed by atoms with Gasteiger partial charge in [-0.1, -0.05) is 129 Å². The van der Waals surface area contributed by atoms with Crippen molar-refractivity contribution < 1.29 is 4.42 Å². The van der Waals surface area contributed by atoms with Crippen molar-refractivity contribution in [2.45, 2.75) is 19.3 Å². The van der Waals surface area contributed by atoms with Gasteiger partial charge in [-0.2, -0.15) is 0 Å². The van der Waals surface area contributed by atoms with E-state index in [0.717, 1.165) is 50.1 Å². The zero-order chi connectivity index (χ0) is 36.0. The third kappa shape index (κ3) is 4.72. The van der Waals surface area contributed by atoms with Crippen LogP contribution in [0.3, 0.4) is 0 Å². The Morgan fingerprint density at radius 3 is 1.96 bits per heavy atom. The molecule has 0 amide bonds. The van der Waals surface area contributed by atoms with Crippen LogP contribution in [0.1, 0.15) is 25.0 Å². The number of rotatable bonds is 5. The van der Waals surface area contributed by atoms with Gasteiger partial charge in [0.1, 0.15) is 11.2 Å². The molecule has 0 bridgehead atoms. The third-order valence-corrected chi connectivity index (χ3v) is 12.6. The maximum atomic E-state index is 6.47. The summed E-state index contributed by atoms with van der Waals surface area (Å²) >= 11 is 1.86. The molecule has 1 aliphatic carbocycles. The minimum absolute atomic E-state index is 0.130. The molecule has 2 nitrogen and oxygen atoms in total. The van der Waals surface area contributed by atoms with Crippen LogP contribution in [0, 0.1) is 0 Å². The van der Waals surface area contributed by atoms with Gasteiger partial charge < -0.3 is 9.32 Å².